The number of benzene rings is 1. The highest BCUT2D eigenvalue weighted by Crippen LogP contribution is 2.35. The van der Waals surface area contributed by atoms with Crippen molar-refractivity contribution in [3.63, 3.8) is 0 Å². The molecule has 1 aromatic rings. The second-order valence-corrected chi connectivity index (χ2v) is 9.90. The fourth-order valence-corrected chi connectivity index (χ4v) is 5.21. The molecule has 0 bridgehead atoms. The molecule has 166 valence electrons. The van der Waals surface area contributed by atoms with E-state index < -0.39 is 0 Å². The number of carbonyl (C=O) groups excluding carboxylic acids is 2. The normalized spacial score (nSPS) is 22.8. The molecule has 1 heterocycles. The van der Waals surface area contributed by atoms with Crippen molar-refractivity contribution < 1.29 is 9.59 Å². The summed E-state index contributed by atoms with van der Waals surface area (Å²) in [7, 11) is 1.87. The van der Waals surface area contributed by atoms with Gasteiger partial charge in [-0.2, -0.15) is 0 Å². The van der Waals surface area contributed by atoms with Gasteiger partial charge in [-0.15, -0.1) is 0 Å². The first-order valence-electron chi connectivity index (χ1n) is 11.0. The maximum Gasteiger partial charge on any atom is 0.317 e. The van der Waals surface area contributed by atoms with Gasteiger partial charge >= 0.3 is 6.03 Å². The van der Waals surface area contributed by atoms with E-state index in [0.717, 1.165) is 51.6 Å². The average molecular weight is 454 g/mol. The largest absolute Gasteiger partial charge is 0.342 e. The highest BCUT2D eigenvalue weighted by Gasteiger charge is 2.30. The number of nitrogens with zero attached hydrogens (tertiary/aromatic N) is 2. The van der Waals surface area contributed by atoms with E-state index in [1.807, 2.05) is 42.8 Å². The Bertz CT molecular complexity index is 735. The van der Waals surface area contributed by atoms with Crippen LogP contribution in [0.1, 0.15) is 63.9 Å². The van der Waals surface area contributed by atoms with Crippen LogP contribution in [0, 0.1) is 5.92 Å². The van der Waals surface area contributed by atoms with Gasteiger partial charge in [0.05, 0.1) is 0 Å². The molecule has 0 radical (unpaired) electrons. The van der Waals surface area contributed by atoms with Gasteiger partial charge in [0.2, 0.25) is 5.91 Å². The van der Waals surface area contributed by atoms with Gasteiger partial charge in [0.15, 0.2) is 0 Å². The van der Waals surface area contributed by atoms with Gasteiger partial charge in [-0.3, -0.25) is 4.79 Å². The minimum atomic E-state index is -0.00196. The number of halogens is 2. The Balaban J connectivity index is 1.45. The van der Waals surface area contributed by atoms with Gasteiger partial charge < -0.3 is 15.1 Å². The molecule has 1 N–H and O–H groups in total. The fourth-order valence-electron chi connectivity index (χ4n) is 4.66. The number of hydrogen-bond acceptors (Lipinski definition) is 2. The maximum absolute atomic E-state index is 12.8. The molecule has 1 saturated carbocycles. The van der Waals surface area contributed by atoms with Crippen molar-refractivity contribution in [3.8, 4) is 0 Å². The molecule has 0 atom stereocenters. The summed E-state index contributed by atoms with van der Waals surface area (Å²) in [5, 5.41) is 4.57. The van der Waals surface area contributed by atoms with Crippen LogP contribution < -0.4 is 5.32 Å². The monoisotopic (exact) mass is 453 g/mol. The van der Waals surface area contributed by atoms with Gasteiger partial charge in [-0.25, -0.2) is 4.79 Å². The Kier molecular flexibility index (Phi) is 7.92. The minimum absolute atomic E-state index is 0.00196. The molecule has 2 fully saturated rings. The molecular weight excluding hydrogens is 421 g/mol. The number of urea groups is 1. The number of rotatable bonds is 4. The third-order valence-electron chi connectivity index (χ3n) is 6.55. The van der Waals surface area contributed by atoms with E-state index in [1.54, 1.807) is 6.07 Å². The van der Waals surface area contributed by atoms with Gasteiger partial charge in [-0.05, 0) is 68.2 Å². The molecular formula is C23H33Cl2N3O2. The number of hydrogen-bond donors (Lipinski definition) is 1. The summed E-state index contributed by atoms with van der Waals surface area (Å²) in [4.78, 5) is 28.7. The maximum atomic E-state index is 12.8. The molecule has 3 rings (SSSR count). The third-order valence-corrected chi connectivity index (χ3v) is 6.99. The summed E-state index contributed by atoms with van der Waals surface area (Å²) in [5.74, 6) is 0.675. The van der Waals surface area contributed by atoms with E-state index in [0.29, 0.717) is 16.0 Å². The SMILES string of the molecule is CC(C)C(=O)N1CCC(N(C)C(=O)N[C@H]2CC[C@H](c3cc(Cl)cc(Cl)c3)CC2)CC1. The summed E-state index contributed by atoms with van der Waals surface area (Å²) in [5.41, 5.74) is 1.19. The number of likely N-dealkylation sites (tertiary alicyclic amines) is 1. The Labute approximate surface area is 190 Å². The summed E-state index contributed by atoms with van der Waals surface area (Å²) in [6.07, 6.45) is 5.61. The highest BCUT2D eigenvalue weighted by atomic mass is 35.5. The molecule has 3 amide bonds. The first-order valence-corrected chi connectivity index (χ1v) is 11.8. The van der Waals surface area contributed by atoms with Crippen LogP contribution >= 0.6 is 23.2 Å². The van der Waals surface area contributed by atoms with E-state index in [2.05, 4.69) is 5.32 Å². The second kappa shape index (κ2) is 10.2. The van der Waals surface area contributed by atoms with Gasteiger partial charge in [0, 0.05) is 48.2 Å². The van der Waals surface area contributed by atoms with Crippen LogP contribution in [0.3, 0.4) is 0 Å². The molecule has 1 aromatic carbocycles. The number of piperidine rings is 1. The molecule has 0 aromatic heterocycles. The van der Waals surface area contributed by atoms with Crippen molar-refractivity contribution in [3.05, 3.63) is 33.8 Å². The van der Waals surface area contributed by atoms with Crippen LogP contribution in [-0.4, -0.2) is 54.0 Å². The first-order chi connectivity index (χ1) is 14.2. The van der Waals surface area contributed by atoms with Gasteiger partial charge in [0.25, 0.3) is 0 Å². The van der Waals surface area contributed by atoms with Gasteiger partial charge in [0.1, 0.15) is 0 Å². The van der Waals surface area contributed by atoms with Crippen LogP contribution in [0.15, 0.2) is 18.2 Å². The smallest absolute Gasteiger partial charge is 0.317 e. The predicted octanol–water partition coefficient (Wildman–Crippen LogP) is 5.31. The quantitative estimate of drug-likeness (QED) is 0.671. The number of amides is 3. The Hall–Kier alpha value is -1.46. The van der Waals surface area contributed by atoms with Crippen LogP contribution in [0.25, 0.3) is 0 Å². The van der Waals surface area contributed by atoms with Crippen molar-refractivity contribution in [2.45, 2.75) is 70.4 Å². The zero-order chi connectivity index (χ0) is 21.8. The summed E-state index contributed by atoms with van der Waals surface area (Å²) >= 11 is 12.3. The van der Waals surface area contributed by atoms with E-state index in [4.69, 9.17) is 23.2 Å². The summed E-state index contributed by atoms with van der Waals surface area (Å²) in [6.45, 7) is 5.33. The van der Waals surface area contributed by atoms with Crippen molar-refractivity contribution in [2.24, 2.45) is 5.92 Å². The van der Waals surface area contributed by atoms with E-state index in [9.17, 15) is 9.59 Å². The van der Waals surface area contributed by atoms with Crippen LogP contribution in [0.4, 0.5) is 4.79 Å². The molecule has 0 spiro atoms. The molecule has 2 aliphatic rings. The van der Waals surface area contributed by atoms with Crippen LogP contribution in [0.2, 0.25) is 10.0 Å². The summed E-state index contributed by atoms with van der Waals surface area (Å²) in [6, 6.07) is 6.15. The Morgan fingerprint density at radius 1 is 1.00 bits per heavy atom. The summed E-state index contributed by atoms with van der Waals surface area (Å²) < 4.78 is 0. The standard InChI is InChI=1S/C23H33Cl2N3O2/c1-15(2)22(29)28-10-8-21(9-11-28)27(3)23(30)26-20-6-4-16(5-7-20)17-12-18(24)14-19(25)13-17/h12-16,20-21H,4-11H2,1-3H3,(H,26,30)/t16-,20-. The van der Waals surface area contributed by atoms with Crippen molar-refractivity contribution in [1.82, 2.24) is 15.1 Å². The average Bonchev–Trinajstić information content (AvgIpc) is 2.72. The molecule has 1 aliphatic heterocycles. The zero-order valence-electron chi connectivity index (χ0n) is 18.2. The van der Waals surface area contributed by atoms with Crippen molar-refractivity contribution in [2.75, 3.05) is 20.1 Å². The lowest BCUT2D eigenvalue weighted by Gasteiger charge is -2.38. The minimum Gasteiger partial charge on any atom is -0.342 e. The lowest BCUT2D eigenvalue weighted by molar-refractivity contribution is -0.135. The van der Waals surface area contributed by atoms with Crippen LogP contribution in [0.5, 0.6) is 0 Å². The number of nitrogens with one attached hydrogen (secondary N) is 1. The molecule has 1 aliphatic carbocycles. The Morgan fingerprint density at radius 3 is 2.10 bits per heavy atom. The van der Waals surface area contributed by atoms with Gasteiger partial charge in [-0.1, -0.05) is 37.0 Å². The molecule has 1 saturated heterocycles. The molecule has 7 heteroatoms. The Morgan fingerprint density at radius 2 is 1.57 bits per heavy atom. The zero-order valence-corrected chi connectivity index (χ0v) is 19.7. The van der Waals surface area contributed by atoms with E-state index in [1.165, 1.54) is 5.56 Å². The van der Waals surface area contributed by atoms with E-state index >= 15 is 0 Å². The molecule has 30 heavy (non-hydrogen) atoms. The van der Waals surface area contributed by atoms with Crippen LogP contribution in [-0.2, 0) is 4.79 Å². The van der Waals surface area contributed by atoms with E-state index in [-0.39, 0.29) is 29.9 Å². The first kappa shape index (κ1) is 23.2. The topological polar surface area (TPSA) is 52.7 Å². The highest BCUT2D eigenvalue weighted by molar-refractivity contribution is 6.34. The lowest BCUT2D eigenvalue weighted by atomic mass is 9.82. The molecule has 5 nitrogen and oxygen atoms in total. The second-order valence-electron chi connectivity index (χ2n) is 9.02. The van der Waals surface area contributed by atoms with Crippen molar-refractivity contribution >= 4 is 35.1 Å². The van der Waals surface area contributed by atoms with Crippen molar-refractivity contribution in [1.29, 1.82) is 0 Å². The lowest BCUT2D eigenvalue weighted by Crippen LogP contribution is -2.52. The third kappa shape index (κ3) is 5.82. The predicted molar refractivity (Wildman–Crippen MR) is 122 cm³/mol. The fraction of sp³-hybridized carbons (Fsp3) is 0.652. The number of carbonyl (C=O) groups is 2. The molecule has 0 unspecified atom stereocenters.